The van der Waals surface area contributed by atoms with Gasteiger partial charge in [0.1, 0.15) is 11.6 Å². The van der Waals surface area contributed by atoms with Gasteiger partial charge in [-0.3, -0.25) is 9.59 Å². The lowest BCUT2D eigenvalue weighted by Gasteiger charge is -2.29. The summed E-state index contributed by atoms with van der Waals surface area (Å²) in [6.45, 7) is 11.8. The van der Waals surface area contributed by atoms with E-state index in [1.54, 1.807) is 13.8 Å². The molecule has 3 atom stereocenters. The molecule has 0 radical (unpaired) electrons. The zero-order valence-electron chi connectivity index (χ0n) is 20.9. The Morgan fingerprint density at radius 1 is 1.16 bits per heavy atom. The first-order chi connectivity index (χ1) is 14.9. The number of carbonyl (C=O) groups is 3. The third kappa shape index (κ3) is 9.45. The van der Waals surface area contributed by atoms with Crippen LogP contribution in [0.5, 0.6) is 0 Å². The SMILES string of the molecule is CC(C)C.CCC(C)(C)OC(=O)C1CC(O)CN1C(=O)CNC(=O)C(N)C1CCCCC1. The van der Waals surface area contributed by atoms with Crippen LogP contribution < -0.4 is 11.1 Å². The van der Waals surface area contributed by atoms with E-state index in [0.29, 0.717) is 6.42 Å². The first-order valence-corrected chi connectivity index (χ1v) is 12.1. The second kappa shape index (κ2) is 13.1. The second-order valence-corrected chi connectivity index (χ2v) is 10.4. The Balaban J connectivity index is 0.00000118. The number of carbonyl (C=O) groups excluding carboxylic acids is 3. The molecule has 32 heavy (non-hydrogen) atoms. The third-order valence-electron chi connectivity index (χ3n) is 5.97. The molecule has 2 amide bonds. The smallest absolute Gasteiger partial charge is 0.329 e. The molecule has 3 unspecified atom stereocenters. The number of nitrogens with two attached hydrogens (primary N) is 1. The molecular formula is C24H45N3O5. The first kappa shape index (κ1) is 28.4. The fraction of sp³-hybridized carbons (Fsp3) is 0.875. The van der Waals surface area contributed by atoms with E-state index in [-0.39, 0.29) is 31.3 Å². The van der Waals surface area contributed by atoms with Crippen LogP contribution in [0.3, 0.4) is 0 Å². The number of hydrogen-bond acceptors (Lipinski definition) is 6. The van der Waals surface area contributed by atoms with Crippen molar-refractivity contribution in [3.05, 3.63) is 0 Å². The average Bonchev–Trinajstić information content (AvgIpc) is 3.13. The molecule has 1 aliphatic heterocycles. The number of aliphatic hydroxyl groups is 1. The van der Waals surface area contributed by atoms with Crippen LogP contribution >= 0.6 is 0 Å². The van der Waals surface area contributed by atoms with Crippen LogP contribution in [0, 0.1) is 11.8 Å². The van der Waals surface area contributed by atoms with E-state index in [0.717, 1.165) is 31.6 Å². The van der Waals surface area contributed by atoms with Gasteiger partial charge in [-0.15, -0.1) is 0 Å². The molecule has 8 heteroatoms. The van der Waals surface area contributed by atoms with Gasteiger partial charge >= 0.3 is 5.97 Å². The number of amides is 2. The van der Waals surface area contributed by atoms with Crippen LogP contribution in [0.4, 0.5) is 0 Å². The van der Waals surface area contributed by atoms with Crippen molar-refractivity contribution in [3.63, 3.8) is 0 Å². The van der Waals surface area contributed by atoms with E-state index in [9.17, 15) is 19.5 Å². The summed E-state index contributed by atoms with van der Waals surface area (Å²) >= 11 is 0. The van der Waals surface area contributed by atoms with Crippen molar-refractivity contribution >= 4 is 17.8 Å². The Hall–Kier alpha value is -1.67. The van der Waals surface area contributed by atoms with Crippen molar-refractivity contribution in [3.8, 4) is 0 Å². The monoisotopic (exact) mass is 455 g/mol. The fourth-order valence-electron chi connectivity index (χ4n) is 3.81. The van der Waals surface area contributed by atoms with Crippen molar-refractivity contribution in [1.82, 2.24) is 10.2 Å². The Kier molecular flexibility index (Phi) is 11.6. The number of nitrogens with one attached hydrogen (secondary N) is 1. The number of hydrogen-bond donors (Lipinski definition) is 3. The minimum atomic E-state index is -0.836. The summed E-state index contributed by atoms with van der Waals surface area (Å²) in [5, 5.41) is 12.6. The molecule has 2 aliphatic rings. The summed E-state index contributed by atoms with van der Waals surface area (Å²) in [5.41, 5.74) is 5.42. The number of aliphatic hydroxyl groups excluding tert-OH is 1. The van der Waals surface area contributed by atoms with Gasteiger partial charge in [0.15, 0.2) is 0 Å². The van der Waals surface area contributed by atoms with Crippen LogP contribution in [-0.4, -0.2) is 64.7 Å². The lowest BCUT2D eigenvalue weighted by molar-refractivity contribution is -0.164. The minimum absolute atomic E-state index is 0.0513. The normalized spacial score (nSPS) is 22.7. The van der Waals surface area contributed by atoms with Gasteiger partial charge in [0, 0.05) is 13.0 Å². The maximum absolute atomic E-state index is 12.6. The van der Waals surface area contributed by atoms with Crippen LogP contribution in [0.1, 0.15) is 86.5 Å². The van der Waals surface area contributed by atoms with Crippen LogP contribution in [-0.2, 0) is 19.1 Å². The number of β-amino-alcohol motifs (C(OH)–C–C–N with tert-alkyl or cyclic N) is 1. The quantitative estimate of drug-likeness (QED) is 0.507. The highest BCUT2D eigenvalue weighted by atomic mass is 16.6. The highest BCUT2D eigenvalue weighted by Crippen LogP contribution is 2.26. The lowest BCUT2D eigenvalue weighted by atomic mass is 9.84. The standard InChI is InChI=1S/C20H35N3O5.C4H10/c1-4-20(2,3)28-19(27)15-10-14(24)12-23(15)16(25)11-22-18(26)17(21)13-8-6-5-7-9-13;1-4(2)3/h13-15,17,24H,4-12,21H2,1-3H3,(H,22,26);4H,1-3H3. The molecule has 0 spiro atoms. The number of esters is 1. The fourth-order valence-corrected chi connectivity index (χ4v) is 3.81. The van der Waals surface area contributed by atoms with Crippen molar-refractivity contribution in [1.29, 1.82) is 0 Å². The van der Waals surface area contributed by atoms with E-state index < -0.39 is 35.7 Å². The Morgan fingerprint density at radius 3 is 2.25 bits per heavy atom. The highest BCUT2D eigenvalue weighted by molar-refractivity contribution is 5.90. The Bertz CT molecular complexity index is 614. The number of nitrogens with zero attached hydrogens (tertiary/aromatic N) is 1. The van der Waals surface area contributed by atoms with Gasteiger partial charge in [-0.1, -0.05) is 47.0 Å². The van der Waals surface area contributed by atoms with Gasteiger partial charge in [0.25, 0.3) is 0 Å². The molecule has 1 heterocycles. The summed E-state index contributed by atoms with van der Waals surface area (Å²) in [4.78, 5) is 38.7. The molecule has 0 bridgehead atoms. The molecular weight excluding hydrogens is 410 g/mol. The highest BCUT2D eigenvalue weighted by Gasteiger charge is 2.41. The van der Waals surface area contributed by atoms with E-state index in [4.69, 9.17) is 10.5 Å². The predicted molar refractivity (Wildman–Crippen MR) is 125 cm³/mol. The lowest BCUT2D eigenvalue weighted by Crippen LogP contribution is -2.51. The minimum Gasteiger partial charge on any atom is -0.458 e. The summed E-state index contributed by atoms with van der Waals surface area (Å²) in [7, 11) is 0. The molecule has 0 aromatic rings. The van der Waals surface area contributed by atoms with E-state index >= 15 is 0 Å². The van der Waals surface area contributed by atoms with Crippen LogP contribution in [0.2, 0.25) is 0 Å². The Morgan fingerprint density at radius 2 is 1.72 bits per heavy atom. The molecule has 1 saturated carbocycles. The maximum Gasteiger partial charge on any atom is 0.329 e. The van der Waals surface area contributed by atoms with Crippen molar-refractivity contribution < 1.29 is 24.2 Å². The number of ether oxygens (including phenoxy) is 1. The predicted octanol–water partition coefficient (Wildman–Crippen LogP) is 2.37. The van der Waals surface area contributed by atoms with Gasteiger partial charge in [0.2, 0.25) is 11.8 Å². The first-order valence-electron chi connectivity index (χ1n) is 12.1. The molecule has 0 aromatic heterocycles. The summed E-state index contributed by atoms with van der Waals surface area (Å²) in [5.74, 6) is -0.304. The van der Waals surface area contributed by atoms with Gasteiger partial charge in [0.05, 0.1) is 18.7 Å². The third-order valence-corrected chi connectivity index (χ3v) is 5.97. The summed E-state index contributed by atoms with van der Waals surface area (Å²) in [6.07, 6.45) is 5.18. The van der Waals surface area contributed by atoms with E-state index in [2.05, 4.69) is 26.1 Å². The van der Waals surface area contributed by atoms with E-state index in [1.165, 1.54) is 11.3 Å². The maximum atomic E-state index is 12.6. The molecule has 8 nitrogen and oxygen atoms in total. The molecule has 186 valence electrons. The van der Waals surface area contributed by atoms with Gasteiger partial charge in [-0.25, -0.2) is 4.79 Å². The summed E-state index contributed by atoms with van der Waals surface area (Å²) < 4.78 is 5.49. The molecule has 0 aromatic carbocycles. The summed E-state index contributed by atoms with van der Waals surface area (Å²) in [6, 6.07) is -1.46. The Labute approximate surface area is 193 Å². The second-order valence-electron chi connectivity index (χ2n) is 10.4. The van der Waals surface area contributed by atoms with Crippen molar-refractivity contribution in [2.24, 2.45) is 17.6 Å². The largest absolute Gasteiger partial charge is 0.458 e. The molecule has 2 fully saturated rings. The zero-order valence-corrected chi connectivity index (χ0v) is 20.9. The van der Waals surface area contributed by atoms with Gasteiger partial charge < -0.3 is 25.8 Å². The number of likely N-dealkylation sites (tertiary alicyclic amines) is 1. The van der Waals surface area contributed by atoms with Crippen LogP contribution in [0.25, 0.3) is 0 Å². The van der Waals surface area contributed by atoms with Crippen molar-refractivity contribution in [2.45, 2.75) is 110 Å². The van der Waals surface area contributed by atoms with Gasteiger partial charge in [-0.2, -0.15) is 0 Å². The molecule has 1 aliphatic carbocycles. The topological polar surface area (TPSA) is 122 Å². The van der Waals surface area contributed by atoms with E-state index in [1.807, 2.05) is 6.92 Å². The van der Waals surface area contributed by atoms with Crippen LogP contribution in [0.15, 0.2) is 0 Å². The molecule has 1 saturated heterocycles. The number of rotatable bonds is 7. The van der Waals surface area contributed by atoms with Gasteiger partial charge in [-0.05, 0) is 44.9 Å². The average molecular weight is 456 g/mol. The molecule has 4 N–H and O–H groups in total. The van der Waals surface area contributed by atoms with Crippen molar-refractivity contribution in [2.75, 3.05) is 13.1 Å². The zero-order chi connectivity index (χ0) is 24.5. The molecule has 2 rings (SSSR count).